The summed E-state index contributed by atoms with van der Waals surface area (Å²) in [7, 11) is -3.59. The molecule has 0 atom stereocenters. The Hall–Kier alpha value is -1.35. The van der Waals surface area contributed by atoms with Gasteiger partial charge in [-0.05, 0) is 12.1 Å². The van der Waals surface area contributed by atoms with Gasteiger partial charge in [0.05, 0.1) is 11.5 Å². The van der Waals surface area contributed by atoms with Crippen LogP contribution in [0.3, 0.4) is 0 Å². The van der Waals surface area contributed by atoms with Crippen LogP contribution in [0.2, 0.25) is 0 Å². The molecule has 0 spiro atoms. The van der Waals surface area contributed by atoms with Crippen LogP contribution in [0.15, 0.2) is 23.1 Å². The largest absolute Gasteiger partial charge is 0.486 e. The zero-order chi connectivity index (χ0) is 13.0. The Morgan fingerprint density at radius 2 is 2.00 bits per heavy atom. The Kier molecular flexibility index (Phi) is 4.02. The predicted octanol–water partition coefficient (Wildman–Crippen LogP) is -0.374. The highest BCUT2D eigenvalue weighted by atomic mass is 32.2. The minimum Gasteiger partial charge on any atom is -0.486 e. The number of nitrogens with two attached hydrogens (primary N) is 1. The maximum atomic E-state index is 11.9. The Morgan fingerprint density at radius 3 is 2.72 bits per heavy atom. The smallest absolute Gasteiger partial charge is 0.240 e. The summed E-state index contributed by atoms with van der Waals surface area (Å²) in [5, 5.41) is 0. The molecular weight excluding hydrogens is 260 g/mol. The molecule has 0 aliphatic carbocycles. The minimum absolute atomic E-state index is 0.101. The molecule has 0 bridgehead atoms. The van der Waals surface area contributed by atoms with E-state index in [1.807, 2.05) is 0 Å². The number of nitrogens with one attached hydrogen (secondary N) is 1. The summed E-state index contributed by atoms with van der Waals surface area (Å²) in [6, 6.07) is 4.46. The Balaban J connectivity index is 2.17. The molecule has 1 aliphatic heterocycles. The van der Waals surface area contributed by atoms with E-state index in [-0.39, 0.29) is 18.0 Å². The number of sulfonamides is 1. The first-order chi connectivity index (χ1) is 8.63. The molecule has 0 aromatic heterocycles. The topological polar surface area (TPSA) is 99.9 Å². The fourth-order valence-electron chi connectivity index (χ4n) is 1.51. The van der Waals surface area contributed by atoms with Gasteiger partial charge in [-0.2, -0.15) is 0 Å². The third kappa shape index (κ3) is 2.91. The van der Waals surface area contributed by atoms with Crippen LogP contribution in [0.4, 0.5) is 0 Å². The first-order valence-electron chi connectivity index (χ1n) is 5.34. The lowest BCUT2D eigenvalue weighted by molar-refractivity contribution is 0.143. The molecule has 18 heavy (non-hydrogen) atoms. The molecule has 0 saturated heterocycles. The van der Waals surface area contributed by atoms with Crippen LogP contribution in [0.25, 0.3) is 0 Å². The molecule has 1 aliphatic rings. The molecule has 7 nitrogen and oxygen atoms in total. The number of hydrogen-bond acceptors (Lipinski definition) is 6. The molecule has 3 N–H and O–H groups in total. The van der Waals surface area contributed by atoms with Crippen molar-refractivity contribution >= 4 is 10.0 Å². The lowest BCUT2D eigenvalue weighted by Crippen LogP contribution is -2.28. The predicted molar refractivity (Wildman–Crippen MR) is 62.8 cm³/mol. The van der Waals surface area contributed by atoms with Gasteiger partial charge in [-0.1, -0.05) is 0 Å². The molecule has 0 saturated carbocycles. The highest BCUT2D eigenvalue weighted by molar-refractivity contribution is 7.89. The van der Waals surface area contributed by atoms with Gasteiger partial charge in [0.1, 0.15) is 13.2 Å². The monoisotopic (exact) mass is 274 g/mol. The van der Waals surface area contributed by atoms with Crippen LogP contribution in [-0.4, -0.2) is 34.8 Å². The quantitative estimate of drug-likeness (QED) is 0.561. The van der Waals surface area contributed by atoms with Crippen molar-refractivity contribution < 1.29 is 22.7 Å². The normalized spacial score (nSPS) is 14.5. The van der Waals surface area contributed by atoms with Crippen molar-refractivity contribution in [2.45, 2.75) is 4.90 Å². The third-order valence-electron chi connectivity index (χ3n) is 2.34. The van der Waals surface area contributed by atoms with E-state index in [1.165, 1.54) is 12.1 Å². The van der Waals surface area contributed by atoms with Crippen LogP contribution in [-0.2, 0) is 14.9 Å². The van der Waals surface area contributed by atoms with Gasteiger partial charge in [0.15, 0.2) is 11.5 Å². The van der Waals surface area contributed by atoms with Crippen molar-refractivity contribution in [1.29, 1.82) is 0 Å². The van der Waals surface area contributed by atoms with Gasteiger partial charge in [0.25, 0.3) is 0 Å². The number of rotatable bonds is 5. The molecule has 1 aromatic rings. The average Bonchev–Trinajstić information content (AvgIpc) is 2.38. The molecule has 0 radical (unpaired) electrons. The number of benzene rings is 1. The van der Waals surface area contributed by atoms with Gasteiger partial charge >= 0.3 is 0 Å². The van der Waals surface area contributed by atoms with Crippen molar-refractivity contribution in [3.05, 3.63) is 18.2 Å². The lowest BCUT2D eigenvalue weighted by Gasteiger charge is -2.18. The van der Waals surface area contributed by atoms with Crippen LogP contribution in [0, 0.1) is 0 Å². The summed E-state index contributed by atoms with van der Waals surface area (Å²) in [5.41, 5.74) is 0. The maximum Gasteiger partial charge on any atom is 0.240 e. The van der Waals surface area contributed by atoms with Gasteiger partial charge in [0, 0.05) is 12.6 Å². The van der Waals surface area contributed by atoms with Gasteiger partial charge in [0.2, 0.25) is 10.0 Å². The third-order valence-corrected chi connectivity index (χ3v) is 3.79. The van der Waals surface area contributed by atoms with Gasteiger partial charge in [-0.3, -0.25) is 0 Å². The standard InChI is InChI=1S/C10H14N2O5S/c11-17-4-3-12-18(13,14)8-1-2-9-10(7-8)16-6-5-15-9/h1-2,7,12H,3-6,11H2. The Labute approximate surface area is 105 Å². The van der Waals surface area contributed by atoms with Gasteiger partial charge in [-0.25, -0.2) is 19.0 Å². The van der Waals surface area contributed by atoms with Crippen LogP contribution in [0.5, 0.6) is 11.5 Å². The highest BCUT2D eigenvalue weighted by Gasteiger charge is 2.18. The van der Waals surface area contributed by atoms with E-state index >= 15 is 0 Å². The van der Waals surface area contributed by atoms with Gasteiger partial charge < -0.3 is 14.3 Å². The van der Waals surface area contributed by atoms with E-state index in [0.717, 1.165) is 0 Å². The van der Waals surface area contributed by atoms with Crippen LogP contribution in [0.1, 0.15) is 0 Å². The van der Waals surface area contributed by atoms with E-state index in [2.05, 4.69) is 9.56 Å². The zero-order valence-corrected chi connectivity index (χ0v) is 10.4. The Morgan fingerprint density at radius 1 is 1.28 bits per heavy atom. The molecule has 0 amide bonds. The fraction of sp³-hybridized carbons (Fsp3) is 0.400. The summed E-state index contributed by atoms with van der Waals surface area (Å²) in [6.45, 7) is 1.08. The molecular formula is C10H14N2O5S. The molecule has 1 aromatic carbocycles. The van der Waals surface area contributed by atoms with E-state index in [1.54, 1.807) is 6.07 Å². The molecule has 1 heterocycles. The first kappa shape index (κ1) is 13.1. The Bertz CT molecular complexity index is 517. The summed E-state index contributed by atoms with van der Waals surface area (Å²) >= 11 is 0. The van der Waals surface area contributed by atoms with E-state index in [0.29, 0.717) is 24.7 Å². The average molecular weight is 274 g/mol. The second kappa shape index (κ2) is 5.53. The summed E-state index contributed by atoms with van der Waals surface area (Å²) in [5.74, 6) is 5.79. The van der Waals surface area contributed by atoms with Crippen molar-refractivity contribution in [3.63, 3.8) is 0 Å². The molecule has 100 valence electrons. The van der Waals surface area contributed by atoms with E-state index in [9.17, 15) is 8.42 Å². The van der Waals surface area contributed by atoms with Gasteiger partial charge in [-0.15, -0.1) is 0 Å². The van der Waals surface area contributed by atoms with Crippen molar-refractivity contribution in [2.24, 2.45) is 5.90 Å². The number of fused-ring (bicyclic) bond motifs is 1. The summed E-state index contributed by atoms with van der Waals surface area (Å²) in [6.07, 6.45) is 0. The summed E-state index contributed by atoms with van der Waals surface area (Å²) < 4.78 is 36.8. The zero-order valence-electron chi connectivity index (χ0n) is 9.59. The van der Waals surface area contributed by atoms with Crippen molar-refractivity contribution in [2.75, 3.05) is 26.4 Å². The van der Waals surface area contributed by atoms with Crippen LogP contribution >= 0.6 is 0 Å². The number of ether oxygens (including phenoxy) is 2. The second-order valence-corrected chi connectivity index (χ2v) is 5.34. The summed E-state index contributed by atoms with van der Waals surface area (Å²) in [4.78, 5) is 4.41. The number of hydrogen-bond donors (Lipinski definition) is 2. The maximum absolute atomic E-state index is 11.9. The SMILES string of the molecule is NOCCNS(=O)(=O)c1ccc2c(c1)OCCO2. The molecule has 0 fully saturated rings. The molecule has 8 heteroatoms. The highest BCUT2D eigenvalue weighted by Crippen LogP contribution is 2.31. The van der Waals surface area contributed by atoms with E-state index in [4.69, 9.17) is 15.4 Å². The second-order valence-electron chi connectivity index (χ2n) is 3.57. The van der Waals surface area contributed by atoms with Crippen molar-refractivity contribution in [1.82, 2.24) is 4.72 Å². The van der Waals surface area contributed by atoms with Crippen LogP contribution < -0.4 is 20.1 Å². The fourth-order valence-corrected chi connectivity index (χ4v) is 2.54. The lowest BCUT2D eigenvalue weighted by atomic mass is 10.3. The van der Waals surface area contributed by atoms with E-state index < -0.39 is 10.0 Å². The minimum atomic E-state index is -3.59. The first-order valence-corrected chi connectivity index (χ1v) is 6.83. The molecule has 0 unspecified atom stereocenters. The molecule has 2 rings (SSSR count). The van der Waals surface area contributed by atoms with Crippen molar-refractivity contribution in [3.8, 4) is 11.5 Å².